The molecule has 4 rings (SSSR count). The number of halogens is 1. The number of rotatable bonds is 4. The fourth-order valence-electron chi connectivity index (χ4n) is 2.79. The molecule has 0 aliphatic carbocycles. The second-order valence-electron chi connectivity index (χ2n) is 5.68. The smallest absolute Gasteiger partial charge is 0.288 e. The number of carbonyl (C=O) groups is 1. The minimum absolute atomic E-state index is 0.268. The maximum absolute atomic E-state index is 12.7. The second kappa shape index (κ2) is 7.27. The summed E-state index contributed by atoms with van der Waals surface area (Å²) in [5.41, 5.74) is 6.88. The van der Waals surface area contributed by atoms with Crippen LogP contribution in [-0.4, -0.2) is 17.1 Å². The van der Waals surface area contributed by atoms with Crippen molar-refractivity contribution >= 4 is 50.3 Å². The number of benzene rings is 2. The minimum atomic E-state index is -0.268. The van der Waals surface area contributed by atoms with Gasteiger partial charge in [0, 0.05) is 20.9 Å². The van der Waals surface area contributed by atoms with E-state index in [1.807, 2.05) is 65.4 Å². The molecule has 2 aromatic heterocycles. The van der Waals surface area contributed by atoms with Crippen LogP contribution in [0.5, 0.6) is 0 Å². The number of carbonyl (C=O) groups excluding carboxylic acids is 1. The van der Waals surface area contributed by atoms with Crippen LogP contribution in [0.4, 0.5) is 0 Å². The normalized spacial score (nSPS) is 11.3. The van der Waals surface area contributed by atoms with Crippen molar-refractivity contribution in [3.63, 3.8) is 0 Å². The van der Waals surface area contributed by atoms with Crippen molar-refractivity contribution in [1.29, 1.82) is 0 Å². The summed E-state index contributed by atoms with van der Waals surface area (Å²) in [4.78, 5) is 15.9. The first-order valence-corrected chi connectivity index (χ1v) is 9.68. The lowest BCUT2D eigenvalue weighted by Gasteiger charge is -2.02. The summed E-state index contributed by atoms with van der Waals surface area (Å²) >= 11 is 5.00. The van der Waals surface area contributed by atoms with Crippen molar-refractivity contribution < 1.29 is 4.79 Å². The van der Waals surface area contributed by atoms with Crippen LogP contribution < -0.4 is 5.43 Å². The highest BCUT2D eigenvalue weighted by molar-refractivity contribution is 9.10. The van der Waals surface area contributed by atoms with Crippen molar-refractivity contribution in [1.82, 2.24) is 10.4 Å². The molecular formula is C20H14BrN3OS. The van der Waals surface area contributed by atoms with E-state index in [0.717, 1.165) is 32.1 Å². The number of hydrogen-bond donors (Lipinski definition) is 2. The molecular weight excluding hydrogens is 410 g/mol. The lowest BCUT2D eigenvalue weighted by molar-refractivity contribution is 0.0951. The first kappa shape index (κ1) is 16.8. The molecule has 0 saturated carbocycles. The summed E-state index contributed by atoms with van der Waals surface area (Å²) in [6.45, 7) is 0. The SMILES string of the molecule is O=C(N/N=C/c1ccc(Br)cc1)c1[nH]c2ccccc2c1-c1ccsc1. The third-order valence-corrected chi connectivity index (χ3v) is 5.20. The molecule has 0 spiro atoms. The van der Waals surface area contributed by atoms with Gasteiger partial charge in [-0.3, -0.25) is 4.79 Å². The van der Waals surface area contributed by atoms with E-state index in [0.29, 0.717) is 5.69 Å². The van der Waals surface area contributed by atoms with Gasteiger partial charge in [-0.05, 0) is 46.2 Å². The third-order valence-electron chi connectivity index (χ3n) is 3.99. The number of nitrogens with one attached hydrogen (secondary N) is 2. The Labute approximate surface area is 162 Å². The number of H-pyrrole nitrogens is 1. The summed E-state index contributed by atoms with van der Waals surface area (Å²) < 4.78 is 0.997. The molecule has 0 fully saturated rings. The minimum Gasteiger partial charge on any atom is -0.350 e. The summed E-state index contributed by atoms with van der Waals surface area (Å²) in [6.07, 6.45) is 1.62. The number of aromatic amines is 1. The molecule has 0 radical (unpaired) electrons. The van der Waals surface area contributed by atoms with E-state index < -0.39 is 0 Å². The van der Waals surface area contributed by atoms with Crippen LogP contribution >= 0.6 is 27.3 Å². The highest BCUT2D eigenvalue weighted by atomic mass is 79.9. The Kier molecular flexibility index (Phi) is 4.69. The number of para-hydroxylation sites is 1. The predicted molar refractivity (Wildman–Crippen MR) is 111 cm³/mol. The zero-order chi connectivity index (χ0) is 17.9. The molecule has 0 saturated heterocycles. The van der Waals surface area contributed by atoms with Gasteiger partial charge in [0.15, 0.2) is 0 Å². The first-order chi connectivity index (χ1) is 12.7. The summed E-state index contributed by atoms with van der Waals surface area (Å²) in [7, 11) is 0. The van der Waals surface area contributed by atoms with E-state index in [1.54, 1.807) is 17.6 Å². The number of aromatic nitrogens is 1. The van der Waals surface area contributed by atoms with Crippen LogP contribution in [0.25, 0.3) is 22.0 Å². The number of hydrazone groups is 1. The number of nitrogens with zero attached hydrogens (tertiary/aromatic N) is 1. The van der Waals surface area contributed by atoms with E-state index in [2.05, 4.69) is 31.4 Å². The average Bonchev–Trinajstić information content (AvgIpc) is 3.30. The van der Waals surface area contributed by atoms with Crippen molar-refractivity contribution in [3.8, 4) is 11.1 Å². The molecule has 2 N–H and O–H groups in total. The van der Waals surface area contributed by atoms with Crippen LogP contribution in [0, 0.1) is 0 Å². The average molecular weight is 424 g/mol. The van der Waals surface area contributed by atoms with Crippen molar-refractivity contribution in [2.24, 2.45) is 5.10 Å². The van der Waals surface area contributed by atoms with E-state index in [9.17, 15) is 4.79 Å². The molecule has 1 amide bonds. The van der Waals surface area contributed by atoms with Crippen LogP contribution in [0.3, 0.4) is 0 Å². The predicted octanol–water partition coefficient (Wildman–Crippen LogP) is 5.42. The molecule has 6 heteroatoms. The quantitative estimate of drug-likeness (QED) is 0.334. The van der Waals surface area contributed by atoms with Gasteiger partial charge in [-0.25, -0.2) is 5.43 Å². The Balaban J connectivity index is 1.64. The van der Waals surface area contributed by atoms with Gasteiger partial charge in [-0.2, -0.15) is 16.4 Å². The van der Waals surface area contributed by atoms with Crippen molar-refractivity contribution in [3.05, 3.63) is 81.1 Å². The summed E-state index contributed by atoms with van der Waals surface area (Å²) in [6, 6.07) is 17.6. The Bertz CT molecular complexity index is 1080. The van der Waals surface area contributed by atoms with Gasteiger partial charge < -0.3 is 4.98 Å². The van der Waals surface area contributed by atoms with Gasteiger partial charge in [-0.1, -0.05) is 46.3 Å². The second-order valence-corrected chi connectivity index (χ2v) is 7.38. The maximum atomic E-state index is 12.7. The molecule has 0 bridgehead atoms. The van der Waals surface area contributed by atoms with Crippen LogP contribution in [-0.2, 0) is 0 Å². The lowest BCUT2D eigenvalue weighted by atomic mass is 10.0. The maximum Gasteiger partial charge on any atom is 0.288 e. The van der Waals surface area contributed by atoms with Gasteiger partial charge in [0.25, 0.3) is 5.91 Å². The highest BCUT2D eigenvalue weighted by Crippen LogP contribution is 2.33. The molecule has 0 aliphatic rings. The van der Waals surface area contributed by atoms with Gasteiger partial charge in [0.1, 0.15) is 5.69 Å². The molecule has 0 aliphatic heterocycles. The van der Waals surface area contributed by atoms with Crippen LogP contribution in [0.2, 0.25) is 0 Å². The molecule has 4 nitrogen and oxygen atoms in total. The lowest BCUT2D eigenvalue weighted by Crippen LogP contribution is -2.18. The molecule has 4 aromatic rings. The Hall–Kier alpha value is -2.70. The largest absolute Gasteiger partial charge is 0.350 e. The number of hydrogen-bond acceptors (Lipinski definition) is 3. The molecule has 2 heterocycles. The fraction of sp³-hybridized carbons (Fsp3) is 0. The van der Waals surface area contributed by atoms with E-state index >= 15 is 0 Å². The standard InChI is InChI=1S/C20H14BrN3OS/c21-15-7-5-13(6-8-15)11-22-24-20(25)19-18(14-9-10-26-12-14)16-3-1-2-4-17(16)23-19/h1-12,23H,(H,24,25)/b22-11+. The number of thiophene rings is 1. The fourth-order valence-corrected chi connectivity index (χ4v) is 3.70. The molecule has 26 heavy (non-hydrogen) atoms. The van der Waals surface area contributed by atoms with Crippen molar-refractivity contribution in [2.45, 2.75) is 0 Å². The topological polar surface area (TPSA) is 57.2 Å². The van der Waals surface area contributed by atoms with E-state index in [1.165, 1.54) is 0 Å². The zero-order valence-electron chi connectivity index (χ0n) is 13.6. The first-order valence-electron chi connectivity index (χ1n) is 7.94. The van der Waals surface area contributed by atoms with Crippen LogP contribution in [0.15, 0.2) is 74.9 Å². The van der Waals surface area contributed by atoms with Gasteiger partial charge in [0.05, 0.1) is 6.21 Å². The van der Waals surface area contributed by atoms with E-state index in [4.69, 9.17) is 0 Å². The van der Waals surface area contributed by atoms with Crippen LogP contribution in [0.1, 0.15) is 16.1 Å². The molecule has 0 atom stereocenters. The van der Waals surface area contributed by atoms with Gasteiger partial charge in [0.2, 0.25) is 0 Å². The van der Waals surface area contributed by atoms with Gasteiger partial charge >= 0.3 is 0 Å². The Morgan fingerprint density at radius 3 is 2.69 bits per heavy atom. The Morgan fingerprint density at radius 2 is 1.92 bits per heavy atom. The van der Waals surface area contributed by atoms with E-state index in [-0.39, 0.29) is 5.91 Å². The van der Waals surface area contributed by atoms with Crippen molar-refractivity contribution in [2.75, 3.05) is 0 Å². The summed E-state index contributed by atoms with van der Waals surface area (Å²) in [5, 5.41) is 9.15. The third kappa shape index (κ3) is 3.34. The zero-order valence-corrected chi connectivity index (χ0v) is 16.0. The van der Waals surface area contributed by atoms with Gasteiger partial charge in [-0.15, -0.1) is 0 Å². The monoisotopic (exact) mass is 423 g/mol. The molecule has 0 unspecified atom stereocenters. The number of amides is 1. The summed E-state index contributed by atoms with van der Waals surface area (Å²) in [5.74, 6) is -0.268. The Morgan fingerprint density at radius 1 is 1.12 bits per heavy atom. The molecule has 128 valence electrons. The number of fused-ring (bicyclic) bond motifs is 1. The molecule has 2 aromatic carbocycles. The highest BCUT2D eigenvalue weighted by Gasteiger charge is 2.18.